The predicted octanol–water partition coefficient (Wildman–Crippen LogP) is 7.56. The van der Waals surface area contributed by atoms with Crippen LogP contribution in [0.15, 0.2) is 127 Å². The third kappa shape index (κ3) is 4.53. The van der Waals surface area contributed by atoms with E-state index in [2.05, 4.69) is 5.32 Å². The van der Waals surface area contributed by atoms with E-state index in [1.54, 1.807) is 29.2 Å². The first-order valence-electron chi connectivity index (χ1n) is 12.4. The van der Waals surface area contributed by atoms with E-state index in [1.165, 1.54) is 0 Å². The predicted molar refractivity (Wildman–Crippen MR) is 150 cm³/mol. The van der Waals surface area contributed by atoms with Crippen LogP contribution >= 0.6 is 0 Å². The molecule has 5 nitrogen and oxygen atoms in total. The molecule has 1 aliphatic heterocycles. The van der Waals surface area contributed by atoms with E-state index >= 15 is 0 Å². The van der Waals surface area contributed by atoms with Crippen LogP contribution in [0, 0.1) is 0 Å². The molecule has 184 valence electrons. The maximum atomic E-state index is 13.7. The third-order valence-corrected chi connectivity index (χ3v) is 6.57. The summed E-state index contributed by atoms with van der Waals surface area (Å²) in [5.41, 5.74) is 5.18. The minimum atomic E-state index is -0.210. The van der Waals surface area contributed by atoms with Crippen molar-refractivity contribution < 1.29 is 14.3 Å². The smallest absolute Gasteiger partial charge is 0.258 e. The molecule has 1 aliphatic rings. The summed E-state index contributed by atoms with van der Waals surface area (Å²) in [6.45, 7) is 0.390. The molecule has 0 saturated carbocycles. The second-order valence-corrected chi connectivity index (χ2v) is 9.01. The van der Waals surface area contributed by atoms with Gasteiger partial charge >= 0.3 is 0 Å². The highest BCUT2D eigenvalue weighted by atomic mass is 16.5. The lowest BCUT2D eigenvalue weighted by atomic mass is 9.99. The molecule has 0 radical (unpaired) electrons. The van der Waals surface area contributed by atoms with Gasteiger partial charge < -0.3 is 15.0 Å². The van der Waals surface area contributed by atoms with E-state index in [-0.39, 0.29) is 11.8 Å². The lowest BCUT2D eigenvalue weighted by molar-refractivity contribution is 0.0984. The van der Waals surface area contributed by atoms with Crippen molar-refractivity contribution in [2.45, 2.75) is 6.54 Å². The van der Waals surface area contributed by atoms with Crippen molar-refractivity contribution in [1.82, 2.24) is 0 Å². The normalized spacial score (nSPS) is 11.9. The summed E-state index contributed by atoms with van der Waals surface area (Å²) >= 11 is 0. The molecule has 6 rings (SSSR count). The van der Waals surface area contributed by atoms with Gasteiger partial charge in [-0.05, 0) is 59.7 Å². The quantitative estimate of drug-likeness (QED) is 0.279. The van der Waals surface area contributed by atoms with E-state index in [1.807, 2.05) is 103 Å². The number of rotatable bonds is 4. The topological polar surface area (TPSA) is 58.6 Å². The maximum Gasteiger partial charge on any atom is 0.258 e. The van der Waals surface area contributed by atoms with Crippen molar-refractivity contribution in [2.75, 3.05) is 10.2 Å². The molecular formula is C33H24N2O3. The Bertz CT molecular complexity index is 1630. The molecule has 0 spiro atoms. The molecule has 5 aromatic carbocycles. The van der Waals surface area contributed by atoms with Gasteiger partial charge in [-0.2, -0.15) is 0 Å². The van der Waals surface area contributed by atoms with Gasteiger partial charge in [-0.25, -0.2) is 0 Å². The zero-order chi connectivity index (χ0) is 25.9. The lowest BCUT2D eigenvalue weighted by Crippen LogP contribution is -2.29. The van der Waals surface area contributed by atoms with Gasteiger partial charge in [0.1, 0.15) is 5.75 Å². The lowest BCUT2D eigenvalue weighted by Gasteiger charge is -2.22. The van der Waals surface area contributed by atoms with Crippen LogP contribution < -0.4 is 15.0 Å². The number of fused-ring (bicyclic) bond motifs is 2. The summed E-state index contributed by atoms with van der Waals surface area (Å²) in [5.74, 6) is 1.01. The summed E-state index contributed by atoms with van der Waals surface area (Å²) in [7, 11) is 0. The summed E-state index contributed by atoms with van der Waals surface area (Å²) < 4.78 is 6.12. The number of hydrogen-bond acceptors (Lipinski definition) is 3. The van der Waals surface area contributed by atoms with Gasteiger partial charge in [0, 0.05) is 22.4 Å². The minimum absolute atomic E-state index is 0.148. The number of anilines is 2. The fourth-order valence-electron chi connectivity index (χ4n) is 4.66. The molecule has 38 heavy (non-hydrogen) atoms. The van der Waals surface area contributed by atoms with E-state index in [0.29, 0.717) is 34.8 Å². The van der Waals surface area contributed by atoms with Crippen molar-refractivity contribution in [3.05, 3.63) is 144 Å². The van der Waals surface area contributed by atoms with Gasteiger partial charge in [0.2, 0.25) is 0 Å². The summed E-state index contributed by atoms with van der Waals surface area (Å²) in [5, 5.41) is 2.97. The van der Waals surface area contributed by atoms with Gasteiger partial charge in [-0.3, -0.25) is 9.59 Å². The third-order valence-electron chi connectivity index (χ3n) is 6.57. The Hall–Kier alpha value is -5.16. The Kier molecular flexibility index (Phi) is 6.16. The van der Waals surface area contributed by atoms with E-state index in [0.717, 1.165) is 22.4 Å². The molecule has 0 fully saturated rings. The fraction of sp³-hybridized carbons (Fsp3) is 0.0303. The largest absolute Gasteiger partial charge is 0.455 e. The second-order valence-electron chi connectivity index (χ2n) is 9.01. The van der Waals surface area contributed by atoms with Crippen LogP contribution in [0.1, 0.15) is 26.3 Å². The van der Waals surface area contributed by atoms with E-state index in [9.17, 15) is 9.59 Å². The van der Waals surface area contributed by atoms with Gasteiger partial charge in [-0.1, -0.05) is 78.9 Å². The van der Waals surface area contributed by atoms with Gasteiger partial charge in [0.25, 0.3) is 11.8 Å². The van der Waals surface area contributed by atoms with Crippen molar-refractivity contribution in [3.63, 3.8) is 0 Å². The molecule has 0 bridgehead atoms. The van der Waals surface area contributed by atoms with Crippen LogP contribution in [-0.2, 0) is 6.54 Å². The van der Waals surface area contributed by atoms with Crippen LogP contribution in [0.5, 0.6) is 11.5 Å². The highest BCUT2D eigenvalue weighted by Crippen LogP contribution is 2.39. The van der Waals surface area contributed by atoms with Crippen molar-refractivity contribution in [1.29, 1.82) is 0 Å². The van der Waals surface area contributed by atoms with Crippen LogP contribution in [0.2, 0.25) is 0 Å². The SMILES string of the molecule is O=C(Nc1ccc(C(=O)N2Cc3ccccc3Oc3ccccc32)cc1)c1ccccc1-c1ccccc1. The monoisotopic (exact) mass is 496 g/mol. The average Bonchev–Trinajstić information content (AvgIpc) is 3.14. The maximum absolute atomic E-state index is 13.7. The molecule has 1 N–H and O–H groups in total. The Labute approximate surface area is 220 Å². The standard InChI is InChI=1S/C33H24N2O3/c36-32(28-14-6-5-13-27(28)23-10-2-1-3-11-23)34-26-20-18-24(19-21-26)33(37)35-22-25-12-4-8-16-30(25)38-31-17-9-7-15-29(31)35/h1-21H,22H2,(H,34,36). The first-order chi connectivity index (χ1) is 18.7. The molecule has 5 heteroatoms. The zero-order valence-electron chi connectivity index (χ0n) is 20.5. The number of carbonyl (C=O) groups is 2. The first kappa shape index (κ1) is 23.3. The molecule has 2 amide bonds. The number of benzene rings is 5. The minimum Gasteiger partial charge on any atom is -0.455 e. The highest BCUT2D eigenvalue weighted by Gasteiger charge is 2.26. The number of amides is 2. The average molecular weight is 497 g/mol. The molecular weight excluding hydrogens is 472 g/mol. The molecule has 0 saturated heterocycles. The molecule has 5 aromatic rings. The van der Waals surface area contributed by atoms with Crippen LogP contribution in [0.4, 0.5) is 11.4 Å². The summed E-state index contributed by atoms with van der Waals surface area (Å²) in [4.78, 5) is 28.6. The fourth-order valence-corrected chi connectivity index (χ4v) is 4.66. The Morgan fingerprint density at radius 1 is 0.658 bits per heavy atom. The van der Waals surface area contributed by atoms with Gasteiger partial charge in [0.05, 0.1) is 12.2 Å². The Balaban J connectivity index is 1.24. The summed E-state index contributed by atoms with van der Waals surface area (Å²) in [6.07, 6.45) is 0. The number of nitrogens with one attached hydrogen (secondary N) is 1. The van der Waals surface area contributed by atoms with Crippen molar-refractivity contribution in [2.24, 2.45) is 0 Å². The Morgan fingerprint density at radius 3 is 2.13 bits per heavy atom. The van der Waals surface area contributed by atoms with Crippen molar-refractivity contribution in [3.8, 4) is 22.6 Å². The molecule has 0 atom stereocenters. The zero-order valence-corrected chi connectivity index (χ0v) is 20.5. The highest BCUT2D eigenvalue weighted by molar-refractivity contribution is 6.10. The number of hydrogen-bond donors (Lipinski definition) is 1. The number of carbonyl (C=O) groups excluding carboxylic acids is 2. The van der Waals surface area contributed by atoms with Crippen LogP contribution in [0.3, 0.4) is 0 Å². The van der Waals surface area contributed by atoms with Gasteiger partial charge in [-0.15, -0.1) is 0 Å². The number of nitrogens with zero attached hydrogens (tertiary/aromatic N) is 1. The number of para-hydroxylation sites is 3. The van der Waals surface area contributed by atoms with Crippen molar-refractivity contribution >= 4 is 23.2 Å². The van der Waals surface area contributed by atoms with E-state index < -0.39 is 0 Å². The molecule has 1 heterocycles. The molecule has 0 aromatic heterocycles. The van der Waals surface area contributed by atoms with Crippen LogP contribution in [-0.4, -0.2) is 11.8 Å². The number of ether oxygens (including phenoxy) is 1. The first-order valence-corrected chi connectivity index (χ1v) is 12.4. The van der Waals surface area contributed by atoms with Crippen LogP contribution in [0.25, 0.3) is 11.1 Å². The molecule has 0 aliphatic carbocycles. The second kappa shape index (κ2) is 10.1. The Morgan fingerprint density at radius 2 is 1.32 bits per heavy atom. The van der Waals surface area contributed by atoms with E-state index in [4.69, 9.17) is 4.74 Å². The van der Waals surface area contributed by atoms with Gasteiger partial charge in [0.15, 0.2) is 5.75 Å². The molecule has 0 unspecified atom stereocenters. The summed E-state index contributed by atoms with van der Waals surface area (Å²) in [6, 6.07) is 39.6.